The second-order valence-electron chi connectivity index (χ2n) is 2.60. The molecule has 0 aliphatic rings. The summed E-state index contributed by atoms with van der Waals surface area (Å²) in [6, 6.07) is 0. The smallest absolute Gasteiger partial charge is 0.0999 e. The predicted molar refractivity (Wildman–Crippen MR) is 65.7 cm³/mol. The number of benzene rings is 1. The Kier molecular flexibility index (Phi) is 4.52. The first-order valence-electron chi connectivity index (χ1n) is 3.48. The van der Waals surface area contributed by atoms with Crippen molar-refractivity contribution in [2.24, 2.45) is 0 Å². The number of rotatable bonds is 1. The van der Waals surface area contributed by atoms with Crippen LogP contribution in [0.3, 0.4) is 0 Å². The number of alkyl halides is 2. The number of hydrogen-bond donors (Lipinski definition) is 0. The van der Waals surface area contributed by atoms with Crippen molar-refractivity contribution in [3.05, 3.63) is 31.2 Å². The summed E-state index contributed by atoms with van der Waals surface area (Å²) in [6.45, 7) is 1.71. The molecule has 78 valence electrons. The Labute approximate surface area is 112 Å². The molecule has 0 saturated heterocycles. The molecule has 14 heavy (non-hydrogen) atoms. The van der Waals surface area contributed by atoms with Crippen molar-refractivity contribution < 1.29 is 0 Å². The van der Waals surface area contributed by atoms with Crippen LogP contribution in [0.15, 0.2) is 0 Å². The summed E-state index contributed by atoms with van der Waals surface area (Å²) in [5.74, 6) is 0. The van der Waals surface area contributed by atoms with Crippen LogP contribution in [-0.4, -0.2) is 0 Å². The van der Waals surface area contributed by atoms with Crippen molar-refractivity contribution in [2.75, 3.05) is 0 Å². The van der Waals surface area contributed by atoms with Gasteiger partial charge in [0.05, 0.1) is 20.1 Å². The molecular weight excluding hydrogens is 309 g/mol. The van der Waals surface area contributed by atoms with E-state index in [-0.39, 0.29) is 10.0 Å². The second kappa shape index (κ2) is 4.86. The van der Waals surface area contributed by atoms with Crippen LogP contribution in [0.1, 0.15) is 16.0 Å². The zero-order valence-corrected chi connectivity index (χ0v) is 11.4. The maximum absolute atomic E-state index is 5.97. The van der Waals surface area contributed by atoms with Crippen LogP contribution in [0.4, 0.5) is 0 Å². The van der Waals surface area contributed by atoms with Gasteiger partial charge in [0.15, 0.2) is 0 Å². The van der Waals surface area contributed by atoms with Crippen molar-refractivity contribution in [3.63, 3.8) is 0 Å². The molecule has 0 aromatic heterocycles. The average molecular weight is 313 g/mol. The third-order valence-electron chi connectivity index (χ3n) is 1.74. The molecule has 0 atom stereocenters. The monoisotopic (exact) mass is 310 g/mol. The van der Waals surface area contributed by atoms with E-state index < -0.39 is 4.84 Å². The van der Waals surface area contributed by atoms with Gasteiger partial charge in [0, 0.05) is 5.56 Å². The molecule has 0 aliphatic heterocycles. The van der Waals surface area contributed by atoms with E-state index in [1.807, 2.05) is 0 Å². The minimum absolute atomic E-state index is 0.197. The Bertz CT molecular complexity index is 342. The van der Waals surface area contributed by atoms with Gasteiger partial charge in [0.25, 0.3) is 0 Å². The molecule has 1 aromatic carbocycles. The Morgan fingerprint density at radius 3 is 1.71 bits per heavy atom. The lowest BCUT2D eigenvalue weighted by Gasteiger charge is -2.13. The first-order valence-corrected chi connectivity index (χ1v) is 5.87. The van der Waals surface area contributed by atoms with E-state index in [2.05, 4.69) is 0 Å². The highest BCUT2D eigenvalue weighted by Crippen LogP contribution is 2.45. The van der Waals surface area contributed by atoms with Crippen LogP contribution in [0.5, 0.6) is 0 Å². The summed E-state index contributed by atoms with van der Waals surface area (Å²) in [5.41, 5.74) is 1.01. The molecule has 0 unspecified atom stereocenters. The molecule has 0 fully saturated rings. The maximum atomic E-state index is 5.97. The molecule has 1 rings (SSSR count). The van der Waals surface area contributed by atoms with Gasteiger partial charge in [-0.3, -0.25) is 0 Å². The van der Waals surface area contributed by atoms with Crippen LogP contribution in [0, 0.1) is 6.92 Å². The molecule has 0 heterocycles. The molecule has 0 nitrogen and oxygen atoms in total. The molecule has 6 heteroatoms. The fraction of sp³-hybridized carbons (Fsp3) is 0.250. The Morgan fingerprint density at radius 1 is 0.786 bits per heavy atom. The van der Waals surface area contributed by atoms with E-state index in [4.69, 9.17) is 69.6 Å². The van der Waals surface area contributed by atoms with E-state index in [0.717, 1.165) is 0 Å². The summed E-state index contributed by atoms with van der Waals surface area (Å²) in [6.07, 6.45) is 0. The maximum Gasteiger partial charge on any atom is 0.135 e. The molecule has 0 bridgehead atoms. The largest absolute Gasteiger partial charge is 0.135 e. The van der Waals surface area contributed by atoms with Crippen molar-refractivity contribution >= 4 is 69.6 Å². The summed E-state index contributed by atoms with van der Waals surface area (Å²) >= 11 is 35.0. The van der Waals surface area contributed by atoms with Gasteiger partial charge < -0.3 is 0 Å². The SMILES string of the molecule is Cc1c(Cl)c(Cl)c(Cl)c(C(Cl)Cl)c1Cl. The lowest BCUT2D eigenvalue weighted by atomic mass is 10.1. The summed E-state index contributed by atoms with van der Waals surface area (Å²) in [5, 5.41) is 1.08. The van der Waals surface area contributed by atoms with E-state index >= 15 is 0 Å². The zero-order chi connectivity index (χ0) is 11.0. The highest BCUT2D eigenvalue weighted by Gasteiger charge is 2.21. The molecule has 1 aromatic rings. The summed E-state index contributed by atoms with van der Waals surface area (Å²) in [7, 11) is 0. The van der Waals surface area contributed by atoms with Gasteiger partial charge >= 0.3 is 0 Å². The molecule has 0 spiro atoms. The number of hydrogen-bond acceptors (Lipinski definition) is 0. The highest BCUT2D eigenvalue weighted by atomic mass is 35.5. The molecule has 0 N–H and O–H groups in total. The van der Waals surface area contributed by atoms with Crippen molar-refractivity contribution in [1.82, 2.24) is 0 Å². The molecule has 0 amide bonds. The fourth-order valence-corrected chi connectivity index (χ4v) is 2.80. The third kappa shape index (κ3) is 2.21. The van der Waals surface area contributed by atoms with Crippen molar-refractivity contribution in [2.45, 2.75) is 11.8 Å². The van der Waals surface area contributed by atoms with Gasteiger partial charge in [-0.25, -0.2) is 0 Å². The van der Waals surface area contributed by atoms with Crippen LogP contribution in [0.25, 0.3) is 0 Å². The lowest BCUT2D eigenvalue weighted by Crippen LogP contribution is -1.92. The normalized spacial score (nSPS) is 11.1. The Hall–Kier alpha value is 0.960. The topological polar surface area (TPSA) is 0 Å². The fourth-order valence-electron chi connectivity index (χ4n) is 0.966. The second-order valence-corrected chi connectivity index (χ2v) is 5.20. The lowest BCUT2D eigenvalue weighted by molar-refractivity contribution is 1.31. The van der Waals surface area contributed by atoms with E-state index in [0.29, 0.717) is 21.2 Å². The van der Waals surface area contributed by atoms with Crippen LogP contribution in [0.2, 0.25) is 20.1 Å². The zero-order valence-electron chi connectivity index (χ0n) is 6.85. The number of halogens is 6. The van der Waals surface area contributed by atoms with Gasteiger partial charge in [-0.2, -0.15) is 0 Å². The van der Waals surface area contributed by atoms with Gasteiger partial charge in [0.1, 0.15) is 4.84 Å². The average Bonchev–Trinajstić information content (AvgIpc) is 2.11. The summed E-state index contributed by atoms with van der Waals surface area (Å²) < 4.78 is 0. The van der Waals surface area contributed by atoms with Gasteiger partial charge in [-0.1, -0.05) is 69.6 Å². The van der Waals surface area contributed by atoms with Crippen LogP contribution in [-0.2, 0) is 0 Å². The predicted octanol–water partition coefficient (Wildman–Crippen LogP) is 6.08. The first kappa shape index (κ1) is 13.0. The molecular formula is C8H4Cl6. The van der Waals surface area contributed by atoms with E-state index in [9.17, 15) is 0 Å². The minimum Gasteiger partial charge on any atom is -0.0999 e. The molecule has 0 aliphatic carbocycles. The first-order chi connectivity index (χ1) is 6.37. The van der Waals surface area contributed by atoms with Gasteiger partial charge in [-0.05, 0) is 12.5 Å². The van der Waals surface area contributed by atoms with Gasteiger partial charge in [-0.15, -0.1) is 0 Å². The summed E-state index contributed by atoms with van der Waals surface area (Å²) in [4.78, 5) is -0.830. The molecule has 0 saturated carbocycles. The third-order valence-corrected chi connectivity index (χ3v) is 4.10. The highest BCUT2D eigenvalue weighted by molar-refractivity contribution is 6.52. The Balaban J connectivity index is 3.60. The Morgan fingerprint density at radius 2 is 1.29 bits per heavy atom. The van der Waals surface area contributed by atoms with E-state index in [1.54, 1.807) is 6.92 Å². The van der Waals surface area contributed by atoms with Crippen molar-refractivity contribution in [3.8, 4) is 0 Å². The minimum atomic E-state index is -0.830. The molecule has 0 radical (unpaired) electrons. The van der Waals surface area contributed by atoms with Crippen molar-refractivity contribution in [1.29, 1.82) is 0 Å². The standard InChI is InChI=1S/C8H4Cl6/c1-2-4(9)3(8(13)14)6(11)7(12)5(2)10/h8H,1H3. The van der Waals surface area contributed by atoms with Crippen LogP contribution >= 0.6 is 69.6 Å². The van der Waals surface area contributed by atoms with Gasteiger partial charge in [0.2, 0.25) is 0 Å². The van der Waals surface area contributed by atoms with E-state index in [1.165, 1.54) is 0 Å². The van der Waals surface area contributed by atoms with Crippen LogP contribution < -0.4 is 0 Å². The quantitative estimate of drug-likeness (QED) is 0.334.